The topological polar surface area (TPSA) is 27.0 Å². The van der Waals surface area contributed by atoms with Gasteiger partial charge in [-0.25, -0.2) is 0 Å². The molecule has 1 saturated heterocycles. The van der Waals surface area contributed by atoms with Gasteiger partial charge in [-0.05, 0) is 30.5 Å². The molecule has 1 aliphatic heterocycles. The van der Waals surface area contributed by atoms with Crippen LogP contribution in [0.4, 0.5) is 5.69 Å². The fourth-order valence-electron chi connectivity index (χ4n) is 1.99. The number of benzene rings is 1. The van der Waals surface area contributed by atoms with E-state index in [4.69, 9.17) is 5.26 Å². The zero-order valence-electron chi connectivity index (χ0n) is 8.70. The standard InChI is InChI=1S/C12H13BrN2/c1-9-2-3-15(8-9)12-5-10(7-14)4-11(13)6-12/h4-6,9H,2-3,8H2,1H3. The van der Waals surface area contributed by atoms with Gasteiger partial charge in [-0.1, -0.05) is 22.9 Å². The van der Waals surface area contributed by atoms with Crippen LogP contribution in [0, 0.1) is 17.2 Å². The van der Waals surface area contributed by atoms with E-state index in [0.29, 0.717) is 0 Å². The van der Waals surface area contributed by atoms with Crippen molar-refractivity contribution in [2.75, 3.05) is 18.0 Å². The molecule has 0 aromatic heterocycles. The third-order valence-corrected chi connectivity index (χ3v) is 3.26. The van der Waals surface area contributed by atoms with Crippen LogP contribution in [0.1, 0.15) is 18.9 Å². The smallest absolute Gasteiger partial charge is 0.0992 e. The molecule has 1 aromatic carbocycles. The van der Waals surface area contributed by atoms with Crippen molar-refractivity contribution < 1.29 is 0 Å². The highest BCUT2D eigenvalue weighted by atomic mass is 79.9. The fourth-order valence-corrected chi connectivity index (χ4v) is 2.47. The van der Waals surface area contributed by atoms with Crippen LogP contribution in [0.2, 0.25) is 0 Å². The summed E-state index contributed by atoms with van der Waals surface area (Å²) in [5.41, 5.74) is 1.88. The molecule has 0 radical (unpaired) electrons. The molecule has 0 bridgehead atoms. The van der Waals surface area contributed by atoms with Crippen molar-refractivity contribution >= 4 is 21.6 Å². The van der Waals surface area contributed by atoms with Gasteiger partial charge < -0.3 is 4.90 Å². The maximum atomic E-state index is 8.89. The molecule has 0 N–H and O–H groups in total. The summed E-state index contributed by atoms with van der Waals surface area (Å²) < 4.78 is 0.983. The van der Waals surface area contributed by atoms with Crippen LogP contribution in [0.15, 0.2) is 22.7 Å². The molecule has 1 atom stereocenters. The number of nitrogens with zero attached hydrogens (tertiary/aromatic N) is 2. The Balaban J connectivity index is 2.29. The van der Waals surface area contributed by atoms with E-state index in [1.807, 2.05) is 12.1 Å². The van der Waals surface area contributed by atoms with Gasteiger partial charge >= 0.3 is 0 Å². The molecule has 15 heavy (non-hydrogen) atoms. The number of rotatable bonds is 1. The van der Waals surface area contributed by atoms with Gasteiger partial charge in [-0.3, -0.25) is 0 Å². The predicted molar refractivity (Wildman–Crippen MR) is 64.9 cm³/mol. The SMILES string of the molecule is CC1CCN(c2cc(Br)cc(C#N)c2)C1. The maximum Gasteiger partial charge on any atom is 0.0992 e. The highest BCUT2D eigenvalue weighted by Crippen LogP contribution is 2.27. The molecule has 3 heteroatoms. The summed E-state index contributed by atoms with van der Waals surface area (Å²) in [5.74, 6) is 0.759. The monoisotopic (exact) mass is 264 g/mol. The van der Waals surface area contributed by atoms with Crippen molar-refractivity contribution in [2.45, 2.75) is 13.3 Å². The van der Waals surface area contributed by atoms with Crippen LogP contribution in [-0.4, -0.2) is 13.1 Å². The Hall–Kier alpha value is -1.01. The Bertz CT molecular complexity index is 409. The summed E-state index contributed by atoms with van der Waals surface area (Å²) >= 11 is 3.44. The first-order valence-electron chi connectivity index (χ1n) is 5.14. The second-order valence-corrected chi connectivity index (χ2v) is 5.07. The lowest BCUT2D eigenvalue weighted by atomic mass is 10.2. The molecule has 1 fully saturated rings. The van der Waals surface area contributed by atoms with Gasteiger partial charge in [-0.15, -0.1) is 0 Å². The molecule has 0 amide bonds. The minimum Gasteiger partial charge on any atom is -0.371 e. The van der Waals surface area contributed by atoms with E-state index in [1.54, 1.807) is 0 Å². The minimum atomic E-state index is 0.721. The number of hydrogen-bond acceptors (Lipinski definition) is 2. The highest BCUT2D eigenvalue weighted by Gasteiger charge is 2.19. The molecule has 1 aromatic rings. The minimum absolute atomic E-state index is 0.721. The summed E-state index contributed by atoms with van der Waals surface area (Å²) in [6, 6.07) is 8.08. The maximum absolute atomic E-state index is 8.89. The van der Waals surface area contributed by atoms with Crippen LogP contribution < -0.4 is 4.90 Å². The predicted octanol–water partition coefficient (Wildman–Crippen LogP) is 3.17. The van der Waals surface area contributed by atoms with Crippen molar-refractivity contribution in [2.24, 2.45) is 5.92 Å². The lowest BCUT2D eigenvalue weighted by Crippen LogP contribution is -2.18. The lowest BCUT2D eigenvalue weighted by Gasteiger charge is -2.18. The average molecular weight is 265 g/mol. The fraction of sp³-hybridized carbons (Fsp3) is 0.417. The molecular weight excluding hydrogens is 252 g/mol. The Labute approximate surface area is 98.6 Å². The van der Waals surface area contributed by atoms with Crippen molar-refractivity contribution in [1.82, 2.24) is 0 Å². The van der Waals surface area contributed by atoms with Gasteiger partial charge in [0, 0.05) is 23.2 Å². The highest BCUT2D eigenvalue weighted by molar-refractivity contribution is 9.10. The van der Waals surface area contributed by atoms with Gasteiger partial charge in [0.2, 0.25) is 0 Å². The lowest BCUT2D eigenvalue weighted by molar-refractivity contribution is 0.659. The Morgan fingerprint density at radius 2 is 2.27 bits per heavy atom. The van der Waals surface area contributed by atoms with Gasteiger partial charge in [0.1, 0.15) is 0 Å². The average Bonchev–Trinajstić information content (AvgIpc) is 2.64. The van der Waals surface area contributed by atoms with Gasteiger partial charge in [0.25, 0.3) is 0 Å². The largest absolute Gasteiger partial charge is 0.371 e. The first-order chi connectivity index (χ1) is 7.19. The van der Waals surface area contributed by atoms with Crippen LogP contribution in [0.5, 0.6) is 0 Å². The number of halogens is 1. The molecule has 78 valence electrons. The van der Waals surface area contributed by atoms with E-state index in [0.717, 1.165) is 34.7 Å². The normalized spacial score (nSPS) is 20.3. The third-order valence-electron chi connectivity index (χ3n) is 2.80. The first-order valence-corrected chi connectivity index (χ1v) is 5.94. The van der Waals surface area contributed by atoms with Crippen molar-refractivity contribution in [3.05, 3.63) is 28.2 Å². The Morgan fingerprint density at radius 3 is 2.87 bits per heavy atom. The van der Waals surface area contributed by atoms with Crippen molar-refractivity contribution in [1.29, 1.82) is 5.26 Å². The summed E-state index contributed by atoms with van der Waals surface area (Å²) in [5, 5.41) is 8.89. The molecule has 2 rings (SSSR count). The first kappa shape index (κ1) is 10.5. The Kier molecular flexibility index (Phi) is 2.97. The van der Waals surface area contributed by atoms with Crippen molar-refractivity contribution in [3.8, 4) is 6.07 Å². The summed E-state index contributed by atoms with van der Waals surface area (Å²) in [6.07, 6.45) is 1.24. The van der Waals surface area contributed by atoms with Gasteiger partial charge in [-0.2, -0.15) is 5.26 Å². The van der Waals surface area contributed by atoms with Crippen LogP contribution in [-0.2, 0) is 0 Å². The molecule has 0 saturated carbocycles. The number of hydrogen-bond donors (Lipinski definition) is 0. The quantitative estimate of drug-likeness (QED) is 0.779. The van der Waals surface area contributed by atoms with E-state index >= 15 is 0 Å². The molecule has 1 aliphatic rings. The van der Waals surface area contributed by atoms with E-state index in [9.17, 15) is 0 Å². The molecule has 2 nitrogen and oxygen atoms in total. The van der Waals surface area contributed by atoms with E-state index < -0.39 is 0 Å². The second kappa shape index (κ2) is 4.24. The molecule has 1 heterocycles. The van der Waals surface area contributed by atoms with Crippen LogP contribution in [0.25, 0.3) is 0 Å². The summed E-state index contributed by atoms with van der Waals surface area (Å²) in [6.45, 7) is 4.47. The zero-order valence-corrected chi connectivity index (χ0v) is 10.3. The van der Waals surface area contributed by atoms with Crippen LogP contribution in [0.3, 0.4) is 0 Å². The van der Waals surface area contributed by atoms with Crippen molar-refractivity contribution in [3.63, 3.8) is 0 Å². The zero-order chi connectivity index (χ0) is 10.8. The third kappa shape index (κ3) is 2.32. The van der Waals surface area contributed by atoms with Gasteiger partial charge in [0.15, 0.2) is 0 Å². The molecule has 0 spiro atoms. The molecular formula is C12H13BrN2. The second-order valence-electron chi connectivity index (χ2n) is 4.15. The van der Waals surface area contributed by atoms with E-state index in [1.165, 1.54) is 6.42 Å². The molecule has 1 unspecified atom stereocenters. The Morgan fingerprint density at radius 1 is 1.47 bits per heavy atom. The summed E-state index contributed by atoms with van der Waals surface area (Å²) in [4.78, 5) is 2.34. The van der Waals surface area contributed by atoms with Gasteiger partial charge in [0.05, 0.1) is 11.6 Å². The number of anilines is 1. The van der Waals surface area contributed by atoms with Crippen LogP contribution >= 0.6 is 15.9 Å². The number of nitriles is 1. The van der Waals surface area contributed by atoms with E-state index in [2.05, 4.69) is 39.9 Å². The molecule has 0 aliphatic carbocycles. The summed E-state index contributed by atoms with van der Waals surface area (Å²) in [7, 11) is 0. The van der Waals surface area contributed by atoms with E-state index in [-0.39, 0.29) is 0 Å².